The molecule has 0 spiro atoms. The van der Waals surface area contributed by atoms with Gasteiger partial charge in [0, 0.05) is 43.1 Å². The van der Waals surface area contributed by atoms with E-state index in [2.05, 4.69) is 9.88 Å². The number of aromatic nitrogens is 1. The molecule has 1 aliphatic rings. The quantitative estimate of drug-likeness (QED) is 0.847. The monoisotopic (exact) mass is 291 g/mol. The molecule has 104 valence electrons. The third-order valence-electron chi connectivity index (χ3n) is 3.51. The number of piperazine rings is 1. The van der Waals surface area contributed by atoms with Gasteiger partial charge in [-0.2, -0.15) is 0 Å². The zero-order chi connectivity index (χ0) is 13.9. The van der Waals surface area contributed by atoms with Crippen molar-refractivity contribution in [2.24, 2.45) is 0 Å². The van der Waals surface area contributed by atoms with Crippen molar-refractivity contribution in [1.82, 2.24) is 4.98 Å². The van der Waals surface area contributed by atoms with Crippen LogP contribution in [0.4, 0.5) is 15.9 Å². The minimum Gasteiger partial charge on any atom is -0.368 e. The minimum atomic E-state index is -0.257. The molecule has 0 unspecified atom stereocenters. The summed E-state index contributed by atoms with van der Waals surface area (Å²) in [5.41, 5.74) is 1.15. The molecule has 0 aliphatic carbocycles. The average Bonchev–Trinajstić information content (AvgIpc) is 2.49. The first kappa shape index (κ1) is 13.2. The molecule has 5 heteroatoms. The fraction of sp³-hybridized carbons (Fsp3) is 0.267. The molecule has 3 nitrogen and oxygen atoms in total. The van der Waals surface area contributed by atoms with E-state index in [-0.39, 0.29) is 5.82 Å². The van der Waals surface area contributed by atoms with Crippen molar-refractivity contribution in [3.63, 3.8) is 0 Å². The van der Waals surface area contributed by atoms with Crippen LogP contribution in [0.5, 0.6) is 0 Å². The molecule has 1 fully saturated rings. The van der Waals surface area contributed by atoms with Gasteiger partial charge in [0.05, 0.1) is 0 Å². The number of nitrogens with zero attached hydrogens (tertiary/aromatic N) is 3. The summed E-state index contributed by atoms with van der Waals surface area (Å²) in [6.07, 6.45) is 1.63. The SMILES string of the molecule is Fc1cccnc1N1CCN(c2ccc(Cl)cc2)CC1. The molecule has 0 N–H and O–H groups in total. The zero-order valence-electron chi connectivity index (χ0n) is 11.0. The van der Waals surface area contributed by atoms with Gasteiger partial charge in [-0.25, -0.2) is 9.37 Å². The molecule has 2 heterocycles. The number of hydrogen-bond acceptors (Lipinski definition) is 3. The summed E-state index contributed by atoms with van der Waals surface area (Å²) in [4.78, 5) is 8.39. The minimum absolute atomic E-state index is 0.257. The molecule has 3 rings (SSSR count). The van der Waals surface area contributed by atoms with Gasteiger partial charge in [0.25, 0.3) is 0 Å². The van der Waals surface area contributed by atoms with Gasteiger partial charge in [0.1, 0.15) is 0 Å². The lowest BCUT2D eigenvalue weighted by atomic mass is 10.2. The van der Waals surface area contributed by atoms with Crippen LogP contribution in [0.15, 0.2) is 42.6 Å². The van der Waals surface area contributed by atoms with Crippen molar-refractivity contribution < 1.29 is 4.39 Å². The summed E-state index contributed by atoms with van der Waals surface area (Å²) in [6.45, 7) is 3.21. The van der Waals surface area contributed by atoms with Crippen LogP contribution in [0.1, 0.15) is 0 Å². The second kappa shape index (κ2) is 5.67. The van der Waals surface area contributed by atoms with Crippen LogP contribution in [-0.2, 0) is 0 Å². The van der Waals surface area contributed by atoms with Gasteiger partial charge >= 0.3 is 0 Å². The summed E-state index contributed by atoms with van der Waals surface area (Å²) < 4.78 is 13.7. The second-order valence-corrected chi connectivity index (χ2v) is 5.20. The summed E-state index contributed by atoms with van der Waals surface area (Å²) >= 11 is 5.89. The van der Waals surface area contributed by atoms with Crippen molar-refractivity contribution in [2.45, 2.75) is 0 Å². The van der Waals surface area contributed by atoms with Crippen LogP contribution in [0, 0.1) is 5.82 Å². The Hall–Kier alpha value is -1.81. The van der Waals surface area contributed by atoms with Crippen molar-refractivity contribution in [1.29, 1.82) is 0 Å². The molecule has 0 radical (unpaired) electrons. The largest absolute Gasteiger partial charge is 0.368 e. The number of pyridine rings is 1. The molecular weight excluding hydrogens is 277 g/mol. The lowest BCUT2D eigenvalue weighted by Crippen LogP contribution is -2.47. The molecule has 1 aromatic carbocycles. The van der Waals surface area contributed by atoms with E-state index < -0.39 is 0 Å². The van der Waals surface area contributed by atoms with E-state index in [0.717, 1.165) is 36.9 Å². The Morgan fingerprint density at radius 1 is 0.950 bits per heavy atom. The van der Waals surface area contributed by atoms with E-state index in [9.17, 15) is 4.39 Å². The fourth-order valence-corrected chi connectivity index (χ4v) is 2.56. The molecule has 0 amide bonds. The van der Waals surface area contributed by atoms with Gasteiger partial charge in [-0.3, -0.25) is 0 Å². The summed E-state index contributed by atoms with van der Waals surface area (Å²) in [7, 11) is 0. The Morgan fingerprint density at radius 2 is 1.60 bits per heavy atom. The van der Waals surface area contributed by atoms with Gasteiger partial charge < -0.3 is 9.80 Å². The van der Waals surface area contributed by atoms with Crippen LogP contribution in [-0.4, -0.2) is 31.2 Å². The van der Waals surface area contributed by atoms with Gasteiger partial charge in [-0.15, -0.1) is 0 Å². The highest BCUT2D eigenvalue weighted by atomic mass is 35.5. The average molecular weight is 292 g/mol. The lowest BCUT2D eigenvalue weighted by Gasteiger charge is -2.36. The molecule has 20 heavy (non-hydrogen) atoms. The maximum atomic E-state index is 13.7. The molecule has 1 aliphatic heterocycles. The highest BCUT2D eigenvalue weighted by Gasteiger charge is 2.20. The molecule has 1 aromatic heterocycles. The van der Waals surface area contributed by atoms with E-state index in [1.807, 2.05) is 29.2 Å². The van der Waals surface area contributed by atoms with Crippen LogP contribution in [0.25, 0.3) is 0 Å². The summed E-state index contributed by atoms with van der Waals surface area (Å²) in [5.74, 6) is 0.190. The van der Waals surface area contributed by atoms with Gasteiger partial charge in [-0.1, -0.05) is 11.6 Å². The van der Waals surface area contributed by atoms with Gasteiger partial charge in [-0.05, 0) is 36.4 Å². The van der Waals surface area contributed by atoms with Crippen LogP contribution >= 0.6 is 11.6 Å². The molecule has 0 saturated carbocycles. The van der Waals surface area contributed by atoms with Crippen LogP contribution in [0.3, 0.4) is 0 Å². The highest BCUT2D eigenvalue weighted by Crippen LogP contribution is 2.22. The zero-order valence-corrected chi connectivity index (χ0v) is 11.7. The van der Waals surface area contributed by atoms with Crippen molar-refractivity contribution in [3.8, 4) is 0 Å². The second-order valence-electron chi connectivity index (χ2n) is 4.76. The summed E-state index contributed by atoms with van der Waals surface area (Å²) in [6, 6.07) is 10.9. The van der Waals surface area contributed by atoms with Crippen LogP contribution in [0.2, 0.25) is 5.02 Å². The van der Waals surface area contributed by atoms with E-state index in [1.54, 1.807) is 12.3 Å². The van der Waals surface area contributed by atoms with E-state index in [1.165, 1.54) is 6.07 Å². The maximum Gasteiger partial charge on any atom is 0.165 e. The van der Waals surface area contributed by atoms with Crippen molar-refractivity contribution in [3.05, 3.63) is 53.4 Å². The Bertz CT molecular complexity index is 580. The number of benzene rings is 1. The van der Waals surface area contributed by atoms with Gasteiger partial charge in [0.2, 0.25) is 0 Å². The Balaban J connectivity index is 1.68. The first-order valence-electron chi connectivity index (χ1n) is 6.60. The van der Waals surface area contributed by atoms with E-state index >= 15 is 0 Å². The van der Waals surface area contributed by atoms with E-state index in [0.29, 0.717) is 5.82 Å². The topological polar surface area (TPSA) is 19.4 Å². The third kappa shape index (κ3) is 2.70. The number of rotatable bonds is 2. The van der Waals surface area contributed by atoms with Crippen molar-refractivity contribution >= 4 is 23.1 Å². The van der Waals surface area contributed by atoms with E-state index in [4.69, 9.17) is 11.6 Å². The number of anilines is 2. The third-order valence-corrected chi connectivity index (χ3v) is 3.76. The Morgan fingerprint density at radius 3 is 2.25 bits per heavy atom. The first-order chi connectivity index (χ1) is 9.74. The van der Waals surface area contributed by atoms with Gasteiger partial charge in [0.15, 0.2) is 11.6 Å². The Labute approximate surface area is 122 Å². The number of halogens is 2. The van der Waals surface area contributed by atoms with Crippen molar-refractivity contribution in [2.75, 3.05) is 36.0 Å². The molecule has 1 saturated heterocycles. The lowest BCUT2D eigenvalue weighted by molar-refractivity contribution is 0.588. The predicted octanol–water partition coefficient (Wildman–Crippen LogP) is 3.20. The normalized spacial score (nSPS) is 15.5. The van der Waals surface area contributed by atoms with Crippen LogP contribution < -0.4 is 9.80 Å². The highest BCUT2D eigenvalue weighted by molar-refractivity contribution is 6.30. The Kier molecular flexibility index (Phi) is 3.74. The molecule has 0 bridgehead atoms. The molecular formula is C15H15ClFN3. The summed E-state index contributed by atoms with van der Waals surface area (Å²) in [5, 5.41) is 0.739. The molecule has 2 aromatic rings. The molecule has 0 atom stereocenters. The smallest absolute Gasteiger partial charge is 0.165 e. The maximum absolute atomic E-state index is 13.7. The number of hydrogen-bond donors (Lipinski definition) is 0. The first-order valence-corrected chi connectivity index (χ1v) is 6.98. The predicted molar refractivity (Wildman–Crippen MR) is 80.1 cm³/mol. The standard InChI is InChI=1S/C15H15ClFN3/c16-12-3-5-13(6-4-12)19-8-10-20(11-9-19)15-14(17)2-1-7-18-15/h1-7H,8-11H2. The fourth-order valence-electron chi connectivity index (χ4n) is 2.44.